The number of fused-ring (bicyclic) bond motifs is 1. The Morgan fingerprint density at radius 3 is 2.65 bits per heavy atom. The Morgan fingerprint density at radius 1 is 1.29 bits per heavy atom. The number of benzene rings is 1. The highest BCUT2D eigenvalue weighted by Crippen LogP contribution is 2.42. The minimum absolute atomic E-state index is 0.0000793. The molecule has 1 aromatic heterocycles. The van der Waals surface area contributed by atoms with E-state index in [9.17, 15) is 13.2 Å². The molecule has 0 spiro atoms. The number of nitrogens with one attached hydrogen (secondary N) is 1. The van der Waals surface area contributed by atoms with E-state index in [1.54, 1.807) is 25.6 Å². The van der Waals surface area contributed by atoms with Gasteiger partial charge in [0.25, 0.3) is 0 Å². The maximum absolute atomic E-state index is 12.9. The van der Waals surface area contributed by atoms with Crippen molar-refractivity contribution in [1.29, 1.82) is 0 Å². The second-order valence-corrected chi connectivity index (χ2v) is 11.7. The van der Waals surface area contributed by atoms with E-state index in [0.29, 0.717) is 24.5 Å². The molecule has 0 unspecified atom stereocenters. The summed E-state index contributed by atoms with van der Waals surface area (Å²) in [4.78, 5) is 16.2. The molecule has 168 valence electrons. The van der Waals surface area contributed by atoms with Crippen molar-refractivity contribution in [1.82, 2.24) is 10.2 Å². The predicted molar refractivity (Wildman–Crippen MR) is 121 cm³/mol. The summed E-state index contributed by atoms with van der Waals surface area (Å²) in [5, 5.41) is 5.02. The van der Waals surface area contributed by atoms with Crippen LogP contribution in [0.4, 0.5) is 0 Å². The van der Waals surface area contributed by atoms with Crippen molar-refractivity contribution < 1.29 is 22.7 Å². The molecule has 2 aromatic rings. The minimum Gasteiger partial charge on any atom is -0.493 e. The Kier molecular flexibility index (Phi) is 6.02. The van der Waals surface area contributed by atoms with E-state index in [-0.39, 0.29) is 30.0 Å². The summed E-state index contributed by atoms with van der Waals surface area (Å²) in [6.07, 6.45) is 1.24. The Balaban J connectivity index is 1.60. The molecule has 1 amide bonds. The highest BCUT2D eigenvalue weighted by molar-refractivity contribution is 7.91. The molecule has 0 radical (unpaired) electrons. The van der Waals surface area contributed by atoms with Gasteiger partial charge in [0, 0.05) is 11.4 Å². The number of carbonyl (C=O) groups is 1. The van der Waals surface area contributed by atoms with Crippen molar-refractivity contribution in [3.63, 3.8) is 0 Å². The molecule has 31 heavy (non-hydrogen) atoms. The van der Waals surface area contributed by atoms with Gasteiger partial charge in [0.1, 0.15) is 0 Å². The van der Waals surface area contributed by atoms with Crippen LogP contribution in [0.2, 0.25) is 0 Å². The van der Waals surface area contributed by atoms with Crippen LogP contribution in [0.3, 0.4) is 0 Å². The number of hydrogen-bond donors (Lipinski definition) is 1. The fourth-order valence-electron chi connectivity index (χ4n) is 4.62. The van der Waals surface area contributed by atoms with Gasteiger partial charge >= 0.3 is 0 Å². The van der Waals surface area contributed by atoms with Gasteiger partial charge in [-0.25, -0.2) is 8.42 Å². The SMILES string of the molecule is COc1cc2c(cc1OC)[C@@H](c1cccs1)N(CC(=O)N[C@]1(C)CCS(=O)(=O)C1)CC2. The summed E-state index contributed by atoms with van der Waals surface area (Å²) in [5.74, 6) is 1.34. The lowest BCUT2D eigenvalue weighted by atomic mass is 9.90. The molecule has 1 saturated heterocycles. The van der Waals surface area contributed by atoms with E-state index < -0.39 is 15.4 Å². The zero-order chi connectivity index (χ0) is 22.2. The molecular weight excluding hydrogens is 436 g/mol. The maximum atomic E-state index is 12.9. The predicted octanol–water partition coefficient (Wildman–Crippen LogP) is 2.41. The molecule has 2 atom stereocenters. The quantitative estimate of drug-likeness (QED) is 0.707. The summed E-state index contributed by atoms with van der Waals surface area (Å²) in [7, 11) is 0.163. The normalized spacial score (nSPS) is 25.1. The van der Waals surface area contributed by atoms with Gasteiger partial charge in [-0.2, -0.15) is 0 Å². The van der Waals surface area contributed by atoms with Gasteiger partial charge < -0.3 is 14.8 Å². The van der Waals surface area contributed by atoms with Gasteiger partial charge in [0.05, 0.1) is 43.9 Å². The largest absolute Gasteiger partial charge is 0.493 e. The summed E-state index contributed by atoms with van der Waals surface area (Å²) in [5.41, 5.74) is 1.59. The Morgan fingerprint density at radius 2 is 2.03 bits per heavy atom. The summed E-state index contributed by atoms with van der Waals surface area (Å²) < 4.78 is 34.8. The number of thiophene rings is 1. The van der Waals surface area contributed by atoms with Gasteiger partial charge in [-0.3, -0.25) is 9.69 Å². The number of rotatable bonds is 6. The third kappa shape index (κ3) is 4.58. The van der Waals surface area contributed by atoms with Crippen LogP contribution in [0.15, 0.2) is 29.6 Å². The number of carbonyl (C=O) groups excluding carboxylic acids is 1. The molecule has 1 aromatic carbocycles. The Labute approximate surface area is 187 Å². The first-order chi connectivity index (χ1) is 14.7. The second-order valence-electron chi connectivity index (χ2n) is 8.50. The fourth-order valence-corrected chi connectivity index (χ4v) is 7.59. The lowest BCUT2D eigenvalue weighted by molar-refractivity contribution is -0.124. The van der Waals surface area contributed by atoms with Crippen molar-refractivity contribution in [2.75, 3.05) is 38.8 Å². The van der Waals surface area contributed by atoms with Gasteiger partial charge in [-0.1, -0.05) is 6.07 Å². The van der Waals surface area contributed by atoms with Crippen LogP contribution >= 0.6 is 11.3 Å². The first-order valence-electron chi connectivity index (χ1n) is 10.3. The van der Waals surface area contributed by atoms with Crippen LogP contribution < -0.4 is 14.8 Å². The number of sulfone groups is 1. The average Bonchev–Trinajstić information content (AvgIpc) is 3.34. The van der Waals surface area contributed by atoms with Crippen LogP contribution in [-0.2, 0) is 21.1 Å². The molecule has 1 fully saturated rings. The molecule has 3 heterocycles. The molecule has 2 aliphatic rings. The molecule has 0 bridgehead atoms. The van der Waals surface area contributed by atoms with Crippen molar-refractivity contribution >= 4 is 27.1 Å². The molecule has 2 aliphatic heterocycles. The zero-order valence-electron chi connectivity index (χ0n) is 18.0. The average molecular weight is 465 g/mol. The topological polar surface area (TPSA) is 84.9 Å². The first kappa shape index (κ1) is 22.1. The number of hydrogen-bond acceptors (Lipinski definition) is 7. The van der Waals surface area contributed by atoms with E-state index >= 15 is 0 Å². The lowest BCUT2D eigenvalue weighted by Crippen LogP contribution is -2.51. The maximum Gasteiger partial charge on any atom is 0.234 e. The van der Waals surface area contributed by atoms with Crippen LogP contribution in [-0.4, -0.2) is 63.6 Å². The van der Waals surface area contributed by atoms with Crippen molar-refractivity contribution in [3.8, 4) is 11.5 Å². The van der Waals surface area contributed by atoms with E-state index in [1.807, 2.05) is 30.5 Å². The van der Waals surface area contributed by atoms with Crippen molar-refractivity contribution in [3.05, 3.63) is 45.6 Å². The van der Waals surface area contributed by atoms with E-state index in [4.69, 9.17) is 9.47 Å². The van der Waals surface area contributed by atoms with E-state index in [0.717, 1.165) is 16.9 Å². The zero-order valence-corrected chi connectivity index (χ0v) is 19.6. The number of ether oxygens (including phenoxy) is 2. The van der Waals surface area contributed by atoms with E-state index in [2.05, 4.69) is 16.3 Å². The van der Waals surface area contributed by atoms with Gasteiger partial charge in [0.2, 0.25) is 5.91 Å². The minimum atomic E-state index is -3.09. The number of amides is 1. The van der Waals surface area contributed by atoms with Crippen molar-refractivity contribution in [2.45, 2.75) is 31.3 Å². The smallest absolute Gasteiger partial charge is 0.234 e. The number of nitrogens with zero attached hydrogens (tertiary/aromatic N) is 1. The fraction of sp³-hybridized carbons (Fsp3) is 0.500. The Bertz CT molecular complexity index is 1070. The third-order valence-corrected chi connectivity index (χ3v) is 8.91. The molecule has 1 N–H and O–H groups in total. The molecule has 0 saturated carbocycles. The summed E-state index contributed by atoms with van der Waals surface area (Å²) >= 11 is 1.65. The second kappa shape index (κ2) is 8.44. The molecule has 9 heteroatoms. The standard InChI is InChI=1S/C22H28N2O5S2/c1-22(7-10-31(26,27)14-22)23-20(25)13-24-8-6-15-11-17(28-2)18(29-3)12-16(15)21(24)19-5-4-9-30-19/h4-5,9,11-12,21H,6-8,10,13-14H2,1-3H3,(H,23,25)/t21-,22+/m0/s1. The molecule has 4 rings (SSSR count). The molecular formula is C22H28N2O5S2. The van der Waals surface area contributed by atoms with Crippen LogP contribution in [0.25, 0.3) is 0 Å². The van der Waals surface area contributed by atoms with Crippen LogP contribution in [0, 0.1) is 0 Å². The molecule has 0 aliphatic carbocycles. The highest BCUT2D eigenvalue weighted by atomic mass is 32.2. The number of methoxy groups -OCH3 is 2. The van der Waals surface area contributed by atoms with Crippen molar-refractivity contribution in [2.24, 2.45) is 0 Å². The Hall–Kier alpha value is -2.10. The van der Waals surface area contributed by atoms with Gasteiger partial charge in [-0.15, -0.1) is 11.3 Å². The van der Waals surface area contributed by atoms with Gasteiger partial charge in [-0.05, 0) is 54.5 Å². The van der Waals surface area contributed by atoms with Gasteiger partial charge in [0.15, 0.2) is 21.3 Å². The summed E-state index contributed by atoms with van der Waals surface area (Å²) in [6, 6.07) is 8.05. The first-order valence-corrected chi connectivity index (χ1v) is 13.0. The lowest BCUT2D eigenvalue weighted by Gasteiger charge is -2.37. The highest BCUT2D eigenvalue weighted by Gasteiger charge is 2.40. The van der Waals surface area contributed by atoms with E-state index in [1.165, 1.54) is 5.56 Å². The van der Waals surface area contributed by atoms with Crippen LogP contribution in [0.5, 0.6) is 11.5 Å². The van der Waals surface area contributed by atoms with Crippen LogP contribution in [0.1, 0.15) is 35.4 Å². The molecule has 7 nitrogen and oxygen atoms in total. The summed E-state index contributed by atoms with van der Waals surface area (Å²) in [6.45, 7) is 2.73. The monoisotopic (exact) mass is 464 g/mol. The third-order valence-electron chi connectivity index (χ3n) is 6.08.